The van der Waals surface area contributed by atoms with E-state index in [4.69, 9.17) is 10.5 Å². The third-order valence-electron chi connectivity index (χ3n) is 5.51. The Morgan fingerprint density at radius 3 is 2.52 bits per heavy atom. The van der Waals surface area contributed by atoms with E-state index in [9.17, 15) is 4.79 Å². The van der Waals surface area contributed by atoms with E-state index in [-0.39, 0.29) is 17.4 Å². The first-order valence-electron chi connectivity index (χ1n) is 8.21. The van der Waals surface area contributed by atoms with Crippen LogP contribution in [0.25, 0.3) is 0 Å². The van der Waals surface area contributed by atoms with Crippen LogP contribution in [0.5, 0.6) is 0 Å². The maximum atomic E-state index is 12.7. The summed E-state index contributed by atoms with van der Waals surface area (Å²) in [5.74, 6) is 0.0580. The van der Waals surface area contributed by atoms with Crippen LogP contribution in [0.2, 0.25) is 0 Å². The molecule has 2 aliphatic rings. The van der Waals surface area contributed by atoms with Crippen LogP contribution in [-0.2, 0) is 9.53 Å². The maximum Gasteiger partial charge on any atom is 0.243 e. The molecule has 5 nitrogen and oxygen atoms in total. The highest BCUT2D eigenvalue weighted by Gasteiger charge is 2.63. The Kier molecular flexibility index (Phi) is 4.96. The Bertz CT molecular complexity index is 380. The van der Waals surface area contributed by atoms with Gasteiger partial charge in [0, 0.05) is 38.6 Å². The molecule has 0 spiro atoms. The molecule has 0 aromatic heterocycles. The molecule has 1 amide bonds. The number of carbonyl (C=O) groups is 1. The number of amides is 1. The van der Waals surface area contributed by atoms with Crippen LogP contribution in [0.3, 0.4) is 0 Å². The summed E-state index contributed by atoms with van der Waals surface area (Å²) < 4.78 is 5.70. The monoisotopic (exact) mass is 297 g/mol. The molecular weight excluding hydrogens is 266 g/mol. The van der Waals surface area contributed by atoms with Gasteiger partial charge in [0.05, 0.1) is 6.10 Å². The molecule has 1 aliphatic carbocycles. The van der Waals surface area contributed by atoms with Crippen molar-refractivity contribution in [3.05, 3.63) is 0 Å². The van der Waals surface area contributed by atoms with Crippen molar-refractivity contribution < 1.29 is 9.53 Å². The van der Waals surface area contributed by atoms with Gasteiger partial charge in [-0.1, -0.05) is 13.8 Å². The number of hydrogen-bond donors (Lipinski definition) is 1. The first kappa shape index (κ1) is 16.7. The van der Waals surface area contributed by atoms with Crippen molar-refractivity contribution >= 4 is 5.91 Å². The minimum atomic E-state index is -0.785. The molecule has 0 aromatic rings. The summed E-state index contributed by atoms with van der Waals surface area (Å²) in [4.78, 5) is 17.0. The van der Waals surface area contributed by atoms with Crippen LogP contribution < -0.4 is 5.73 Å². The minimum absolute atomic E-state index is 0.0580. The summed E-state index contributed by atoms with van der Waals surface area (Å²) in [5.41, 5.74) is 5.36. The quantitative estimate of drug-likeness (QED) is 0.797. The zero-order valence-electron chi connectivity index (χ0n) is 14.0. The van der Waals surface area contributed by atoms with E-state index in [0.717, 1.165) is 26.2 Å². The molecule has 2 atom stereocenters. The molecule has 0 aromatic carbocycles. The first-order chi connectivity index (χ1) is 9.83. The summed E-state index contributed by atoms with van der Waals surface area (Å²) in [6, 6.07) is 0. The van der Waals surface area contributed by atoms with E-state index in [1.165, 1.54) is 12.8 Å². The highest BCUT2D eigenvalue weighted by Crippen LogP contribution is 2.50. The third kappa shape index (κ3) is 2.96. The average molecular weight is 297 g/mol. The van der Waals surface area contributed by atoms with E-state index >= 15 is 0 Å². The highest BCUT2D eigenvalue weighted by atomic mass is 16.5. The lowest BCUT2D eigenvalue weighted by Gasteiger charge is -2.58. The summed E-state index contributed by atoms with van der Waals surface area (Å²) in [5, 5.41) is 0. The van der Waals surface area contributed by atoms with Gasteiger partial charge in [0.1, 0.15) is 5.54 Å². The molecular formula is C16H31N3O2. The van der Waals surface area contributed by atoms with E-state index < -0.39 is 5.54 Å². The summed E-state index contributed by atoms with van der Waals surface area (Å²) in [7, 11) is 1.87. The summed E-state index contributed by atoms with van der Waals surface area (Å²) in [6.07, 6.45) is 3.27. The predicted octanol–water partition coefficient (Wildman–Crippen LogP) is 1.07. The molecule has 1 saturated carbocycles. The predicted molar refractivity (Wildman–Crippen MR) is 84.0 cm³/mol. The van der Waals surface area contributed by atoms with E-state index in [1.807, 2.05) is 32.7 Å². The molecule has 2 unspecified atom stereocenters. The number of hydrogen-bond acceptors (Lipinski definition) is 4. The Morgan fingerprint density at radius 2 is 2.00 bits per heavy atom. The molecule has 1 heterocycles. The van der Waals surface area contributed by atoms with Gasteiger partial charge in [0.25, 0.3) is 0 Å². The molecule has 0 bridgehead atoms. The van der Waals surface area contributed by atoms with Crippen LogP contribution in [0.4, 0.5) is 0 Å². The fourth-order valence-electron chi connectivity index (χ4n) is 3.54. The highest BCUT2D eigenvalue weighted by molar-refractivity contribution is 5.88. The fourth-order valence-corrected chi connectivity index (χ4v) is 3.54. The van der Waals surface area contributed by atoms with Crippen LogP contribution >= 0.6 is 0 Å². The topological polar surface area (TPSA) is 58.8 Å². The van der Waals surface area contributed by atoms with Crippen LogP contribution in [0, 0.1) is 5.41 Å². The van der Waals surface area contributed by atoms with Gasteiger partial charge in [-0.15, -0.1) is 0 Å². The standard InChI is InChI=1S/C16H31N3O2/c1-5-21-13-12-16(17,15(13,2)3)14(20)18(4)10-11-19-8-6-7-9-19/h13H,5-12,17H2,1-4H3. The van der Waals surface area contributed by atoms with Crippen molar-refractivity contribution in [2.45, 2.75) is 51.7 Å². The van der Waals surface area contributed by atoms with Crippen molar-refractivity contribution in [2.75, 3.05) is 39.8 Å². The van der Waals surface area contributed by atoms with Crippen molar-refractivity contribution in [1.29, 1.82) is 0 Å². The van der Waals surface area contributed by atoms with Crippen LogP contribution in [0.1, 0.15) is 40.0 Å². The normalized spacial score (nSPS) is 32.0. The third-order valence-corrected chi connectivity index (χ3v) is 5.51. The fraction of sp³-hybridized carbons (Fsp3) is 0.938. The van der Waals surface area contributed by atoms with Crippen molar-refractivity contribution in [3.8, 4) is 0 Å². The Labute approximate surface area is 128 Å². The molecule has 122 valence electrons. The van der Waals surface area contributed by atoms with Gasteiger partial charge in [0.15, 0.2) is 0 Å². The van der Waals surface area contributed by atoms with Crippen LogP contribution in [-0.4, -0.2) is 67.2 Å². The van der Waals surface area contributed by atoms with Gasteiger partial charge in [-0.25, -0.2) is 0 Å². The van der Waals surface area contributed by atoms with Gasteiger partial charge in [-0.2, -0.15) is 0 Å². The number of nitrogens with zero attached hydrogens (tertiary/aromatic N) is 2. The number of ether oxygens (including phenoxy) is 1. The number of nitrogens with two attached hydrogens (primary N) is 1. The van der Waals surface area contributed by atoms with Crippen molar-refractivity contribution in [1.82, 2.24) is 9.80 Å². The van der Waals surface area contributed by atoms with Crippen molar-refractivity contribution in [3.63, 3.8) is 0 Å². The van der Waals surface area contributed by atoms with Crippen LogP contribution in [0.15, 0.2) is 0 Å². The summed E-state index contributed by atoms with van der Waals surface area (Å²) in [6.45, 7) is 10.8. The lowest BCUT2D eigenvalue weighted by Crippen LogP contribution is -2.75. The smallest absolute Gasteiger partial charge is 0.243 e. The van der Waals surface area contributed by atoms with Gasteiger partial charge < -0.3 is 20.3 Å². The van der Waals surface area contributed by atoms with E-state index in [1.54, 1.807) is 0 Å². The molecule has 5 heteroatoms. The number of likely N-dealkylation sites (N-methyl/N-ethyl adjacent to an activating group) is 1. The second kappa shape index (κ2) is 6.23. The molecule has 21 heavy (non-hydrogen) atoms. The van der Waals surface area contributed by atoms with Gasteiger partial charge in [-0.05, 0) is 32.9 Å². The Morgan fingerprint density at radius 1 is 1.38 bits per heavy atom. The number of carbonyl (C=O) groups excluding carboxylic acids is 1. The van der Waals surface area contributed by atoms with Gasteiger partial charge in [-0.3, -0.25) is 4.79 Å². The second-order valence-corrected chi connectivity index (χ2v) is 7.12. The van der Waals surface area contributed by atoms with E-state index in [2.05, 4.69) is 4.90 Å². The Balaban J connectivity index is 1.89. The van der Waals surface area contributed by atoms with Crippen molar-refractivity contribution in [2.24, 2.45) is 11.1 Å². The van der Waals surface area contributed by atoms with Gasteiger partial charge in [0.2, 0.25) is 5.91 Å². The van der Waals surface area contributed by atoms with E-state index in [0.29, 0.717) is 13.0 Å². The maximum absolute atomic E-state index is 12.7. The molecule has 1 aliphatic heterocycles. The molecule has 2 rings (SSSR count). The largest absolute Gasteiger partial charge is 0.378 e. The zero-order chi connectivity index (χ0) is 15.7. The zero-order valence-corrected chi connectivity index (χ0v) is 14.0. The number of likely N-dealkylation sites (tertiary alicyclic amines) is 1. The average Bonchev–Trinajstić information content (AvgIpc) is 2.96. The Hall–Kier alpha value is -0.650. The first-order valence-corrected chi connectivity index (χ1v) is 8.21. The summed E-state index contributed by atoms with van der Waals surface area (Å²) >= 11 is 0. The second-order valence-electron chi connectivity index (χ2n) is 7.12. The molecule has 2 fully saturated rings. The lowest BCUT2D eigenvalue weighted by molar-refractivity contribution is -0.178. The molecule has 1 saturated heterocycles. The molecule has 2 N–H and O–H groups in total. The SMILES string of the molecule is CCOC1CC(N)(C(=O)N(C)CCN2CCCC2)C1(C)C. The molecule has 0 radical (unpaired) electrons. The minimum Gasteiger partial charge on any atom is -0.378 e. The number of rotatable bonds is 6. The van der Waals surface area contributed by atoms with Gasteiger partial charge >= 0.3 is 0 Å². The lowest BCUT2D eigenvalue weighted by atomic mass is 9.54.